The smallest absolute Gasteiger partial charge is 0.307 e. The number of ether oxygens (including phenoxy) is 1. The topological polar surface area (TPSA) is 133 Å². The van der Waals surface area contributed by atoms with Crippen LogP contribution < -0.4 is 10.1 Å². The van der Waals surface area contributed by atoms with Crippen molar-refractivity contribution in [3.05, 3.63) is 60.2 Å². The second-order valence-electron chi connectivity index (χ2n) is 6.56. The maximum Gasteiger partial charge on any atom is 0.307 e. The zero-order chi connectivity index (χ0) is 21.4. The van der Waals surface area contributed by atoms with E-state index in [1.165, 1.54) is 7.11 Å². The Hall–Kier alpha value is -2.83. The predicted molar refractivity (Wildman–Crippen MR) is 108 cm³/mol. The zero-order valence-corrected chi connectivity index (χ0v) is 16.8. The molecule has 0 saturated carbocycles. The fourth-order valence-corrected chi connectivity index (χ4v) is 5.14. The van der Waals surface area contributed by atoms with E-state index in [4.69, 9.17) is 9.84 Å². The second kappa shape index (κ2) is 10.1. The summed E-state index contributed by atoms with van der Waals surface area (Å²) in [6.07, 6.45) is -1.18. The molecule has 0 fully saturated rings. The number of hydrogen-bond acceptors (Lipinski definition) is 5. The number of rotatable bonds is 11. The standard InChI is InChI=1S/C20H24NO7P/c1-28-17-10-6-5-9-16(17)21-19(14-7-3-2-4-8-14)29(26,27)13-15(20(24)25)11-12-18(22)23/h2-10,15,19,21H,11-13H2,1H3,(H,22,23)(H,24,25)(H,26,27). The van der Waals surface area contributed by atoms with Crippen LogP contribution in [0.15, 0.2) is 54.6 Å². The minimum atomic E-state index is -4.13. The van der Waals surface area contributed by atoms with E-state index in [0.717, 1.165) is 0 Å². The number of aliphatic carboxylic acids is 2. The molecule has 0 aliphatic heterocycles. The molecule has 9 heteroatoms. The molecule has 29 heavy (non-hydrogen) atoms. The highest BCUT2D eigenvalue weighted by molar-refractivity contribution is 7.58. The van der Waals surface area contributed by atoms with Crippen molar-refractivity contribution in [2.24, 2.45) is 5.92 Å². The van der Waals surface area contributed by atoms with E-state index >= 15 is 0 Å². The molecule has 3 unspecified atom stereocenters. The van der Waals surface area contributed by atoms with Gasteiger partial charge in [-0.15, -0.1) is 0 Å². The van der Waals surface area contributed by atoms with Gasteiger partial charge in [-0.05, 0) is 24.1 Å². The average Bonchev–Trinajstić information content (AvgIpc) is 2.69. The third-order valence-corrected chi connectivity index (χ3v) is 6.65. The number of nitrogens with one attached hydrogen (secondary N) is 1. The third kappa shape index (κ3) is 6.34. The van der Waals surface area contributed by atoms with E-state index in [1.807, 2.05) is 0 Å². The fraction of sp³-hybridized carbons (Fsp3) is 0.300. The highest BCUT2D eigenvalue weighted by Gasteiger charge is 2.37. The van der Waals surface area contributed by atoms with Gasteiger partial charge in [0.1, 0.15) is 11.5 Å². The van der Waals surface area contributed by atoms with Gasteiger partial charge in [0.2, 0.25) is 7.37 Å². The van der Waals surface area contributed by atoms with Crippen LogP contribution in [0.1, 0.15) is 24.2 Å². The van der Waals surface area contributed by atoms with Crippen molar-refractivity contribution in [3.8, 4) is 5.75 Å². The summed E-state index contributed by atoms with van der Waals surface area (Å²) in [5, 5.41) is 21.3. The van der Waals surface area contributed by atoms with E-state index < -0.39 is 43.6 Å². The van der Waals surface area contributed by atoms with Crippen molar-refractivity contribution < 1.29 is 34.0 Å². The summed E-state index contributed by atoms with van der Waals surface area (Å²) in [6, 6.07) is 15.4. The van der Waals surface area contributed by atoms with Crippen LogP contribution in [-0.2, 0) is 14.2 Å². The summed E-state index contributed by atoms with van der Waals surface area (Å²) in [5.41, 5.74) is 0.988. The maximum atomic E-state index is 13.3. The van der Waals surface area contributed by atoms with Crippen LogP contribution in [0.5, 0.6) is 5.75 Å². The first-order chi connectivity index (χ1) is 13.7. The van der Waals surface area contributed by atoms with Gasteiger partial charge in [-0.2, -0.15) is 0 Å². The van der Waals surface area contributed by atoms with E-state index in [2.05, 4.69) is 5.32 Å². The minimum Gasteiger partial charge on any atom is -0.495 e. The molecule has 8 nitrogen and oxygen atoms in total. The summed E-state index contributed by atoms with van der Waals surface area (Å²) in [7, 11) is -2.66. The lowest BCUT2D eigenvalue weighted by Gasteiger charge is -2.28. The molecule has 0 bridgehead atoms. The van der Waals surface area contributed by atoms with Crippen LogP contribution >= 0.6 is 7.37 Å². The molecular formula is C20H24NO7P. The molecule has 0 radical (unpaired) electrons. The highest BCUT2D eigenvalue weighted by atomic mass is 31.2. The molecule has 156 valence electrons. The van der Waals surface area contributed by atoms with Gasteiger partial charge in [0.25, 0.3) is 0 Å². The fourth-order valence-electron chi connectivity index (χ4n) is 2.98. The van der Waals surface area contributed by atoms with Gasteiger partial charge in [0, 0.05) is 12.6 Å². The number of carboxylic acids is 2. The normalized spacial score (nSPS) is 15.0. The molecule has 2 aromatic rings. The molecule has 0 aliphatic rings. The van der Waals surface area contributed by atoms with E-state index in [9.17, 15) is 24.2 Å². The molecule has 0 saturated heterocycles. The summed E-state index contributed by atoms with van der Waals surface area (Å²) in [5.74, 6) is -4.34. The minimum absolute atomic E-state index is 0.231. The van der Waals surface area contributed by atoms with Gasteiger partial charge in [-0.1, -0.05) is 42.5 Å². The Balaban J connectivity index is 2.37. The molecular weight excluding hydrogens is 397 g/mol. The Morgan fingerprint density at radius 1 is 1.07 bits per heavy atom. The first kappa shape index (κ1) is 22.5. The number of hydrogen-bond donors (Lipinski definition) is 4. The average molecular weight is 421 g/mol. The lowest BCUT2D eigenvalue weighted by Crippen LogP contribution is -2.23. The molecule has 2 rings (SSSR count). The molecule has 3 atom stereocenters. The van der Waals surface area contributed by atoms with E-state index in [-0.39, 0.29) is 6.42 Å². The summed E-state index contributed by atoms with van der Waals surface area (Å²) in [6.45, 7) is 0. The molecule has 0 amide bonds. The van der Waals surface area contributed by atoms with Gasteiger partial charge in [-0.3, -0.25) is 14.2 Å². The Morgan fingerprint density at radius 3 is 2.28 bits per heavy atom. The number of carbonyl (C=O) groups is 2. The van der Waals surface area contributed by atoms with Crippen LogP contribution in [0.3, 0.4) is 0 Å². The van der Waals surface area contributed by atoms with Crippen molar-refractivity contribution in [3.63, 3.8) is 0 Å². The lowest BCUT2D eigenvalue weighted by atomic mass is 10.1. The highest BCUT2D eigenvalue weighted by Crippen LogP contribution is 2.57. The lowest BCUT2D eigenvalue weighted by molar-refractivity contribution is -0.142. The van der Waals surface area contributed by atoms with Crippen molar-refractivity contribution in [2.75, 3.05) is 18.6 Å². The van der Waals surface area contributed by atoms with Crippen LogP contribution in [0, 0.1) is 5.92 Å². The summed E-state index contributed by atoms with van der Waals surface area (Å²) in [4.78, 5) is 33.2. The van der Waals surface area contributed by atoms with Gasteiger partial charge in [-0.25, -0.2) is 0 Å². The van der Waals surface area contributed by atoms with E-state index in [1.54, 1.807) is 54.6 Å². The van der Waals surface area contributed by atoms with Crippen LogP contribution in [0.25, 0.3) is 0 Å². The Kier molecular flexibility index (Phi) is 7.82. The Labute approximate surface area is 168 Å². The molecule has 0 heterocycles. The molecule has 0 aliphatic carbocycles. The van der Waals surface area contributed by atoms with Gasteiger partial charge in [0.05, 0.1) is 18.7 Å². The molecule has 4 N–H and O–H groups in total. The SMILES string of the molecule is COc1ccccc1NC(c1ccccc1)P(=O)(O)CC(CCC(=O)O)C(=O)O. The van der Waals surface area contributed by atoms with Crippen molar-refractivity contribution in [2.45, 2.75) is 18.6 Å². The van der Waals surface area contributed by atoms with E-state index in [0.29, 0.717) is 17.0 Å². The quantitative estimate of drug-likeness (QED) is 0.404. The zero-order valence-electron chi connectivity index (χ0n) is 15.9. The van der Waals surface area contributed by atoms with Crippen LogP contribution in [0.4, 0.5) is 5.69 Å². The number of carboxylic acid groups (broad SMARTS) is 2. The molecule has 0 spiro atoms. The Morgan fingerprint density at radius 2 is 1.69 bits per heavy atom. The monoisotopic (exact) mass is 421 g/mol. The van der Waals surface area contributed by atoms with Crippen molar-refractivity contribution in [1.29, 1.82) is 0 Å². The van der Waals surface area contributed by atoms with Crippen molar-refractivity contribution >= 4 is 25.0 Å². The van der Waals surface area contributed by atoms with Crippen molar-refractivity contribution in [1.82, 2.24) is 0 Å². The molecule has 0 aromatic heterocycles. The van der Waals surface area contributed by atoms with Crippen LogP contribution in [-0.4, -0.2) is 40.3 Å². The molecule has 2 aromatic carbocycles. The number of para-hydroxylation sites is 2. The predicted octanol–water partition coefficient (Wildman–Crippen LogP) is 3.64. The van der Waals surface area contributed by atoms with Gasteiger partial charge < -0.3 is 25.2 Å². The largest absolute Gasteiger partial charge is 0.495 e. The second-order valence-corrected chi connectivity index (χ2v) is 8.96. The first-order valence-electron chi connectivity index (χ1n) is 8.95. The maximum absolute atomic E-state index is 13.3. The summed E-state index contributed by atoms with van der Waals surface area (Å²) >= 11 is 0. The van der Waals surface area contributed by atoms with Crippen LogP contribution in [0.2, 0.25) is 0 Å². The number of anilines is 1. The number of benzene rings is 2. The Bertz CT molecular complexity index is 887. The third-order valence-electron chi connectivity index (χ3n) is 4.46. The number of methoxy groups -OCH3 is 1. The summed E-state index contributed by atoms with van der Waals surface area (Å²) < 4.78 is 18.6. The van der Waals surface area contributed by atoms with Gasteiger partial charge >= 0.3 is 11.9 Å². The van der Waals surface area contributed by atoms with Gasteiger partial charge in [0.15, 0.2) is 0 Å². The first-order valence-corrected chi connectivity index (χ1v) is 10.9.